The topological polar surface area (TPSA) is 59.9 Å². The lowest BCUT2D eigenvalue weighted by atomic mass is 10.0. The van der Waals surface area contributed by atoms with Crippen LogP contribution >= 0.6 is 11.5 Å². The summed E-state index contributed by atoms with van der Waals surface area (Å²) >= 11 is 1.36. The molecule has 0 aliphatic rings. The van der Waals surface area contributed by atoms with Crippen LogP contribution < -0.4 is 10.1 Å². The third-order valence-electron chi connectivity index (χ3n) is 3.23. The smallest absolute Gasteiger partial charge is 0.128 e. The van der Waals surface area contributed by atoms with Crippen LogP contribution in [0.1, 0.15) is 28.6 Å². The fourth-order valence-electron chi connectivity index (χ4n) is 2.15. The van der Waals surface area contributed by atoms with E-state index in [1.165, 1.54) is 11.5 Å². The van der Waals surface area contributed by atoms with Crippen LogP contribution in [0.2, 0.25) is 0 Å². The van der Waals surface area contributed by atoms with Crippen molar-refractivity contribution in [1.29, 1.82) is 0 Å². The van der Waals surface area contributed by atoms with E-state index in [1.54, 1.807) is 7.11 Å². The summed E-state index contributed by atoms with van der Waals surface area (Å²) in [5.74, 6) is 0.913. The van der Waals surface area contributed by atoms with Crippen LogP contribution in [0.5, 0.6) is 5.75 Å². The molecule has 0 amide bonds. The van der Waals surface area contributed by atoms with Gasteiger partial charge in [0.15, 0.2) is 0 Å². The van der Waals surface area contributed by atoms with E-state index < -0.39 is 0 Å². The van der Waals surface area contributed by atoms with Crippen LogP contribution in [-0.4, -0.2) is 28.7 Å². The third-order valence-corrected chi connectivity index (χ3v) is 3.75. The van der Waals surface area contributed by atoms with Crippen LogP contribution in [0, 0.1) is 13.8 Å². The molecular weight excluding hydrogens is 260 g/mol. The van der Waals surface area contributed by atoms with E-state index in [4.69, 9.17) is 4.74 Å². The van der Waals surface area contributed by atoms with Crippen LogP contribution in [0.15, 0.2) is 11.6 Å². The number of methoxy groups -OCH3 is 1. The number of aryl methyl sites for hydroxylation is 1. The summed E-state index contributed by atoms with van der Waals surface area (Å²) in [7, 11) is 3.61. The Morgan fingerprint density at radius 1 is 1.42 bits per heavy atom. The van der Waals surface area contributed by atoms with Crippen molar-refractivity contribution in [2.24, 2.45) is 0 Å². The minimum absolute atomic E-state index is 0.123. The molecule has 0 aromatic carbocycles. The number of pyridine rings is 1. The molecule has 102 valence electrons. The van der Waals surface area contributed by atoms with Gasteiger partial charge in [0.2, 0.25) is 0 Å². The zero-order valence-electron chi connectivity index (χ0n) is 11.6. The summed E-state index contributed by atoms with van der Waals surface area (Å²) in [6.07, 6.45) is 2.62. The summed E-state index contributed by atoms with van der Waals surface area (Å²) in [5.41, 5.74) is 4.12. The monoisotopic (exact) mass is 278 g/mol. The zero-order chi connectivity index (χ0) is 13.8. The summed E-state index contributed by atoms with van der Waals surface area (Å²) in [6.45, 7) is 4.04. The Kier molecular flexibility index (Phi) is 4.44. The summed E-state index contributed by atoms with van der Waals surface area (Å²) < 4.78 is 9.35. The number of nitrogens with one attached hydrogen (secondary N) is 1. The Morgan fingerprint density at radius 2 is 2.21 bits per heavy atom. The number of ether oxygens (including phenoxy) is 1. The van der Waals surface area contributed by atoms with Crippen molar-refractivity contribution in [2.45, 2.75) is 26.3 Å². The molecule has 1 unspecified atom stereocenters. The van der Waals surface area contributed by atoms with E-state index in [9.17, 15) is 0 Å². The first-order valence-corrected chi connectivity index (χ1v) is 6.94. The minimum atomic E-state index is 0.123. The maximum Gasteiger partial charge on any atom is 0.128 e. The lowest BCUT2D eigenvalue weighted by Crippen LogP contribution is -2.20. The molecule has 2 rings (SSSR count). The minimum Gasteiger partial charge on any atom is -0.496 e. The van der Waals surface area contributed by atoms with E-state index in [2.05, 4.69) is 19.9 Å². The molecule has 2 aromatic heterocycles. The van der Waals surface area contributed by atoms with Gasteiger partial charge in [0.1, 0.15) is 5.75 Å². The first-order valence-electron chi connectivity index (χ1n) is 6.10. The van der Waals surface area contributed by atoms with Gasteiger partial charge in [-0.2, -0.15) is 0 Å². The average molecular weight is 278 g/mol. The van der Waals surface area contributed by atoms with Crippen LogP contribution in [0.25, 0.3) is 0 Å². The Morgan fingerprint density at radius 3 is 2.79 bits per heavy atom. The molecule has 0 aliphatic carbocycles. The molecule has 0 bridgehead atoms. The molecule has 0 aliphatic heterocycles. The number of likely N-dealkylation sites (N-methyl/N-ethyl adjacent to an activating group) is 1. The summed E-state index contributed by atoms with van der Waals surface area (Å²) in [4.78, 5) is 4.52. The number of hydrogen-bond acceptors (Lipinski definition) is 6. The second-order valence-corrected chi connectivity index (χ2v) is 5.03. The largest absolute Gasteiger partial charge is 0.496 e. The van der Waals surface area contributed by atoms with E-state index >= 15 is 0 Å². The van der Waals surface area contributed by atoms with Gasteiger partial charge in [0.05, 0.1) is 18.8 Å². The van der Waals surface area contributed by atoms with E-state index in [0.29, 0.717) is 0 Å². The van der Waals surface area contributed by atoms with Crippen molar-refractivity contribution in [1.82, 2.24) is 19.9 Å². The second-order valence-electron chi connectivity index (χ2n) is 4.42. The van der Waals surface area contributed by atoms with Gasteiger partial charge in [-0.25, -0.2) is 0 Å². The highest BCUT2D eigenvalue weighted by atomic mass is 32.1. The number of nitrogens with zero attached hydrogens (tertiary/aromatic N) is 3. The van der Waals surface area contributed by atoms with Gasteiger partial charge in [-0.05, 0) is 32.4 Å². The lowest BCUT2D eigenvalue weighted by Gasteiger charge is -2.16. The molecule has 6 heteroatoms. The first-order chi connectivity index (χ1) is 9.17. The third kappa shape index (κ3) is 2.90. The molecule has 0 fully saturated rings. The Hall–Kier alpha value is -1.53. The fraction of sp³-hybridized carbons (Fsp3) is 0.462. The Balaban J connectivity index is 2.28. The maximum absolute atomic E-state index is 5.44. The van der Waals surface area contributed by atoms with E-state index in [0.717, 1.165) is 34.7 Å². The highest BCUT2D eigenvalue weighted by Crippen LogP contribution is 2.26. The predicted molar refractivity (Wildman–Crippen MR) is 75.7 cm³/mol. The van der Waals surface area contributed by atoms with Crippen molar-refractivity contribution in [3.8, 4) is 5.75 Å². The van der Waals surface area contributed by atoms with Crippen molar-refractivity contribution in [3.63, 3.8) is 0 Å². The Labute approximate surface area is 117 Å². The quantitative estimate of drug-likeness (QED) is 0.907. The first kappa shape index (κ1) is 13.9. The van der Waals surface area contributed by atoms with Gasteiger partial charge in [-0.15, -0.1) is 5.10 Å². The zero-order valence-corrected chi connectivity index (χ0v) is 12.4. The summed E-state index contributed by atoms with van der Waals surface area (Å²) in [5, 5.41) is 9.34. The number of rotatable bonds is 5. The molecule has 0 spiro atoms. The van der Waals surface area contributed by atoms with Crippen molar-refractivity contribution in [3.05, 3.63) is 34.1 Å². The van der Waals surface area contributed by atoms with Gasteiger partial charge in [-0.1, -0.05) is 4.49 Å². The fourth-order valence-corrected chi connectivity index (χ4v) is 2.66. The molecule has 0 saturated heterocycles. The van der Waals surface area contributed by atoms with Crippen molar-refractivity contribution >= 4 is 11.5 Å². The maximum atomic E-state index is 5.44. The van der Waals surface area contributed by atoms with Crippen LogP contribution in [0.3, 0.4) is 0 Å². The SMILES string of the molecule is CNC(Cc1ncc(C)c(OC)c1C)c1csnn1. The van der Waals surface area contributed by atoms with Gasteiger partial charge in [0.25, 0.3) is 0 Å². The molecule has 1 atom stereocenters. The molecule has 1 N–H and O–H groups in total. The molecule has 2 aromatic rings. The molecular formula is C13H18N4OS. The summed E-state index contributed by atoms with van der Waals surface area (Å²) in [6, 6.07) is 0.123. The van der Waals surface area contributed by atoms with E-state index in [-0.39, 0.29) is 6.04 Å². The van der Waals surface area contributed by atoms with Crippen LogP contribution in [-0.2, 0) is 6.42 Å². The molecule has 5 nitrogen and oxygen atoms in total. The van der Waals surface area contributed by atoms with Gasteiger partial charge in [0, 0.05) is 34.8 Å². The Bertz CT molecular complexity index is 542. The highest BCUT2D eigenvalue weighted by molar-refractivity contribution is 7.03. The van der Waals surface area contributed by atoms with E-state index in [1.807, 2.05) is 32.5 Å². The van der Waals surface area contributed by atoms with Crippen molar-refractivity contribution < 1.29 is 4.74 Å². The second kappa shape index (κ2) is 6.08. The van der Waals surface area contributed by atoms with Gasteiger partial charge < -0.3 is 10.1 Å². The van der Waals surface area contributed by atoms with Crippen LogP contribution in [0.4, 0.5) is 0 Å². The van der Waals surface area contributed by atoms with Gasteiger partial charge in [-0.3, -0.25) is 4.98 Å². The average Bonchev–Trinajstić information content (AvgIpc) is 2.92. The highest BCUT2D eigenvalue weighted by Gasteiger charge is 2.17. The molecule has 0 saturated carbocycles. The van der Waals surface area contributed by atoms with Crippen molar-refractivity contribution in [2.75, 3.05) is 14.2 Å². The molecule has 0 radical (unpaired) electrons. The normalized spacial score (nSPS) is 12.4. The standard InChI is InChI=1S/C13H18N4OS/c1-8-6-15-10(9(2)13(8)18-4)5-11(14-3)12-7-19-17-16-12/h6-7,11,14H,5H2,1-4H3. The van der Waals surface area contributed by atoms with Gasteiger partial charge >= 0.3 is 0 Å². The predicted octanol–water partition coefficient (Wildman–Crippen LogP) is 2.06. The number of aromatic nitrogens is 3. The molecule has 19 heavy (non-hydrogen) atoms. The molecule has 2 heterocycles. The lowest BCUT2D eigenvalue weighted by molar-refractivity contribution is 0.406. The number of hydrogen-bond donors (Lipinski definition) is 1.